The van der Waals surface area contributed by atoms with Gasteiger partial charge in [-0.2, -0.15) is 0 Å². The lowest BCUT2D eigenvalue weighted by Crippen LogP contribution is -2.41. The molecule has 1 aromatic carbocycles. The highest BCUT2D eigenvalue weighted by atomic mass is 79.9. The van der Waals surface area contributed by atoms with E-state index in [2.05, 4.69) is 64.5 Å². The van der Waals surface area contributed by atoms with Gasteiger partial charge in [0.1, 0.15) is 0 Å². The van der Waals surface area contributed by atoms with Crippen molar-refractivity contribution in [3.63, 3.8) is 0 Å². The van der Waals surface area contributed by atoms with Gasteiger partial charge in [-0.1, -0.05) is 34.1 Å². The zero-order valence-electron chi connectivity index (χ0n) is 12.4. The third kappa shape index (κ3) is 4.85. The van der Waals surface area contributed by atoms with Gasteiger partial charge >= 0.3 is 0 Å². The first-order valence-electron chi connectivity index (χ1n) is 7.37. The molecular formula is C16H25BrN2O. The molecule has 1 fully saturated rings. The molecule has 0 atom stereocenters. The molecule has 3 nitrogen and oxygen atoms in total. The summed E-state index contributed by atoms with van der Waals surface area (Å²) in [7, 11) is 4.13. The fraction of sp³-hybridized carbons (Fsp3) is 0.625. The van der Waals surface area contributed by atoms with Gasteiger partial charge in [-0.05, 0) is 44.5 Å². The summed E-state index contributed by atoms with van der Waals surface area (Å²) in [5.74, 6) is 0.706. The molecule has 1 saturated carbocycles. The number of nitrogens with zero attached hydrogens (tertiary/aromatic N) is 1. The third-order valence-corrected chi connectivity index (χ3v) is 4.57. The Balaban J connectivity index is 1.55. The molecule has 0 radical (unpaired) electrons. The van der Waals surface area contributed by atoms with E-state index in [0.717, 1.165) is 26.3 Å². The molecule has 0 unspecified atom stereocenters. The summed E-state index contributed by atoms with van der Waals surface area (Å²) in [5, 5.41) is 3.57. The first kappa shape index (κ1) is 16.0. The monoisotopic (exact) mass is 340 g/mol. The van der Waals surface area contributed by atoms with E-state index in [4.69, 9.17) is 4.74 Å². The quantitative estimate of drug-likeness (QED) is 0.736. The van der Waals surface area contributed by atoms with Gasteiger partial charge < -0.3 is 15.0 Å². The molecular weight excluding hydrogens is 316 g/mol. The van der Waals surface area contributed by atoms with Gasteiger partial charge in [-0.15, -0.1) is 0 Å². The van der Waals surface area contributed by atoms with Crippen molar-refractivity contribution in [3.8, 4) is 0 Å². The van der Waals surface area contributed by atoms with Crippen molar-refractivity contribution in [1.29, 1.82) is 0 Å². The second-order valence-electron chi connectivity index (χ2n) is 5.76. The topological polar surface area (TPSA) is 24.5 Å². The number of halogens is 1. The maximum absolute atomic E-state index is 5.58. The summed E-state index contributed by atoms with van der Waals surface area (Å²) in [6.07, 6.45) is 2.47. The van der Waals surface area contributed by atoms with Gasteiger partial charge in [0.2, 0.25) is 0 Å². The van der Waals surface area contributed by atoms with Crippen LogP contribution in [0.2, 0.25) is 0 Å². The Hall–Kier alpha value is -0.420. The predicted octanol–water partition coefficient (Wildman–Crippen LogP) is 2.86. The Labute approximate surface area is 130 Å². The highest BCUT2D eigenvalue weighted by Crippen LogP contribution is 2.39. The number of hydrogen-bond acceptors (Lipinski definition) is 3. The Morgan fingerprint density at radius 2 is 2.00 bits per heavy atom. The van der Waals surface area contributed by atoms with Crippen LogP contribution in [0.4, 0.5) is 0 Å². The van der Waals surface area contributed by atoms with Crippen LogP contribution in [0.15, 0.2) is 28.7 Å². The molecule has 1 N–H and O–H groups in total. The minimum absolute atomic E-state index is 0.657. The zero-order valence-corrected chi connectivity index (χ0v) is 14.0. The van der Waals surface area contributed by atoms with Crippen molar-refractivity contribution >= 4 is 15.9 Å². The van der Waals surface area contributed by atoms with Crippen LogP contribution in [-0.2, 0) is 4.74 Å². The third-order valence-electron chi connectivity index (χ3n) is 3.85. The Bertz CT molecular complexity index is 405. The van der Waals surface area contributed by atoms with Gasteiger partial charge in [0.25, 0.3) is 0 Å². The number of hydrogen-bond donors (Lipinski definition) is 1. The number of benzene rings is 1. The molecule has 2 rings (SSSR count). The average molecular weight is 341 g/mol. The maximum atomic E-state index is 5.58. The smallest absolute Gasteiger partial charge is 0.0593 e. The van der Waals surface area contributed by atoms with Crippen LogP contribution in [0.25, 0.3) is 0 Å². The molecule has 0 amide bonds. The molecule has 1 aliphatic rings. The van der Waals surface area contributed by atoms with E-state index < -0.39 is 0 Å². The molecule has 20 heavy (non-hydrogen) atoms. The first-order chi connectivity index (χ1) is 9.66. The lowest BCUT2D eigenvalue weighted by Gasteiger charge is -2.37. The molecule has 0 saturated heterocycles. The second-order valence-corrected chi connectivity index (χ2v) is 6.61. The van der Waals surface area contributed by atoms with E-state index >= 15 is 0 Å². The molecule has 0 spiro atoms. The predicted molar refractivity (Wildman–Crippen MR) is 87.3 cm³/mol. The minimum Gasteiger partial charge on any atom is -0.379 e. The molecule has 112 valence electrons. The normalized spacial score (nSPS) is 22.0. The zero-order chi connectivity index (χ0) is 14.4. The summed E-state index contributed by atoms with van der Waals surface area (Å²) in [5.41, 5.74) is 1.45. The van der Waals surface area contributed by atoms with Crippen LogP contribution in [0.5, 0.6) is 0 Å². The Morgan fingerprint density at radius 1 is 1.25 bits per heavy atom. The van der Waals surface area contributed by atoms with E-state index in [9.17, 15) is 0 Å². The van der Waals surface area contributed by atoms with Crippen molar-refractivity contribution < 1.29 is 4.74 Å². The van der Waals surface area contributed by atoms with E-state index in [1.54, 1.807) is 0 Å². The van der Waals surface area contributed by atoms with E-state index in [-0.39, 0.29) is 0 Å². The van der Waals surface area contributed by atoms with E-state index in [1.165, 1.54) is 22.9 Å². The molecule has 0 bridgehead atoms. The SMILES string of the molecule is CN(C)CCOCCNC1CC(c2ccccc2Br)C1. The van der Waals surface area contributed by atoms with Crippen LogP contribution < -0.4 is 5.32 Å². The van der Waals surface area contributed by atoms with Crippen molar-refractivity contribution in [3.05, 3.63) is 34.3 Å². The standard InChI is InChI=1S/C16H25BrN2O/c1-19(2)8-10-20-9-7-18-14-11-13(12-14)15-5-3-4-6-16(15)17/h3-6,13-14,18H,7-12H2,1-2H3. The number of ether oxygens (including phenoxy) is 1. The maximum Gasteiger partial charge on any atom is 0.0593 e. The van der Waals surface area contributed by atoms with Crippen LogP contribution in [0.3, 0.4) is 0 Å². The van der Waals surface area contributed by atoms with Gasteiger partial charge in [-0.3, -0.25) is 0 Å². The number of likely N-dealkylation sites (N-methyl/N-ethyl adjacent to an activating group) is 1. The van der Waals surface area contributed by atoms with Crippen molar-refractivity contribution in [2.75, 3.05) is 40.4 Å². The Kier molecular flexibility index (Phi) is 6.49. The molecule has 1 aliphatic carbocycles. The highest BCUT2D eigenvalue weighted by Gasteiger charge is 2.30. The first-order valence-corrected chi connectivity index (χ1v) is 8.16. The summed E-state index contributed by atoms with van der Waals surface area (Å²) >= 11 is 3.64. The van der Waals surface area contributed by atoms with Gasteiger partial charge in [0.05, 0.1) is 13.2 Å². The molecule has 0 aliphatic heterocycles. The molecule has 4 heteroatoms. The van der Waals surface area contributed by atoms with Crippen LogP contribution >= 0.6 is 15.9 Å². The van der Waals surface area contributed by atoms with E-state index in [0.29, 0.717) is 12.0 Å². The lowest BCUT2D eigenvalue weighted by molar-refractivity contribution is 0.114. The number of rotatable bonds is 8. The van der Waals surface area contributed by atoms with E-state index in [1.807, 2.05) is 0 Å². The fourth-order valence-electron chi connectivity index (χ4n) is 2.53. The largest absolute Gasteiger partial charge is 0.379 e. The second kappa shape index (κ2) is 8.13. The van der Waals surface area contributed by atoms with Crippen molar-refractivity contribution in [2.24, 2.45) is 0 Å². The number of nitrogens with one attached hydrogen (secondary N) is 1. The summed E-state index contributed by atoms with van der Waals surface area (Å²) in [4.78, 5) is 2.14. The lowest BCUT2D eigenvalue weighted by atomic mass is 9.76. The minimum atomic E-state index is 0.657. The van der Waals surface area contributed by atoms with Crippen molar-refractivity contribution in [1.82, 2.24) is 10.2 Å². The van der Waals surface area contributed by atoms with Crippen molar-refractivity contribution in [2.45, 2.75) is 24.8 Å². The average Bonchev–Trinajstić information content (AvgIpc) is 2.36. The van der Waals surface area contributed by atoms with Crippen LogP contribution in [0.1, 0.15) is 24.3 Å². The summed E-state index contributed by atoms with van der Waals surface area (Å²) in [6, 6.07) is 9.22. The summed E-state index contributed by atoms with van der Waals surface area (Å²) < 4.78 is 6.83. The molecule has 0 aromatic heterocycles. The van der Waals surface area contributed by atoms with Gasteiger partial charge in [-0.25, -0.2) is 0 Å². The summed E-state index contributed by atoms with van der Waals surface area (Å²) in [6.45, 7) is 3.58. The van der Waals surface area contributed by atoms with Gasteiger partial charge in [0, 0.05) is 23.6 Å². The highest BCUT2D eigenvalue weighted by molar-refractivity contribution is 9.10. The van der Waals surface area contributed by atoms with Crippen LogP contribution in [-0.4, -0.2) is 51.3 Å². The fourth-order valence-corrected chi connectivity index (χ4v) is 3.14. The van der Waals surface area contributed by atoms with Gasteiger partial charge in [0.15, 0.2) is 0 Å². The van der Waals surface area contributed by atoms with Crippen LogP contribution in [0, 0.1) is 0 Å². The molecule has 1 aromatic rings. The Morgan fingerprint density at radius 3 is 2.70 bits per heavy atom. The molecule has 0 heterocycles.